The molecular weight excluding hydrogens is 226 g/mol. The van der Waals surface area contributed by atoms with E-state index in [1.807, 2.05) is 31.3 Å². The largest absolute Gasteiger partial charge is 0.339 e. The van der Waals surface area contributed by atoms with Crippen molar-refractivity contribution >= 4 is 17.0 Å². The number of benzene rings is 1. The van der Waals surface area contributed by atoms with E-state index in [0.29, 0.717) is 5.92 Å². The van der Waals surface area contributed by atoms with E-state index in [-0.39, 0.29) is 0 Å². The smallest absolute Gasteiger partial charge is 0.245 e. The predicted molar refractivity (Wildman–Crippen MR) is 71.6 cm³/mol. The molecule has 1 aliphatic heterocycles. The second kappa shape index (κ2) is 4.86. The van der Waals surface area contributed by atoms with Gasteiger partial charge in [0.15, 0.2) is 0 Å². The quantitative estimate of drug-likeness (QED) is 0.874. The number of nitrogens with zero attached hydrogens (tertiary/aromatic N) is 4. The fourth-order valence-electron chi connectivity index (χ4n) is 2.48. The van der Waals surface area contributed by atoms with Gasteiger partial charge >= 0.3 is 0 Å². The van der Waals surface area contributed by atoms with Crippen LogP contribution >= 0.6 is 0 Å². The third-order valence-electron chi connectivity index (χ3n) is 3.41. The molecule has 94 valence electrons. The van der Waals surface area contributed by atoms with Crippen molar-refractivity contribution in [3.63, 3.8) is 0 Å². The first-order chi connectivity index (χ1) is 8.86. The molecule has 0 saturated carbocycles. The fourth-order valence-corrected chi connectivity index (χ4v) is 2.48. The molecule has 0 radical (unpaired) electrons. The van der Waals surface area contributed by atoms with Gasteiger partial charge in [-0.2, -0.15) is 0 Å². The molecule has 1 N–H and O–H groups in total. The summed E-state index contributed by atoms with van der Waals surface area (Å²) in [6.45, 7) is 3.09. The van der Waals surface area contributed by atoms with Crippen molar-refractivity contribution in [2.24, 2.45) is 5.92 Å². The number of rotatable bonds is 3. The minimum absolute atomic E-state index is 0.685. The van der Waals surface area contributed by atoms with Gasteiger partial charge in [-0.1, -0.05) is 12.1 Å². The third-order valence-corrected chi connectivity index (χ3v) is 3.41. The zero-order valence-corrected chi connectivity index (χ0v) is 10.5. The molecule has 18 heavy (non-hydrogen) atoms. The first-order valence-corrected chi connectivity index (χ1v) is 6.36. The summed E-state index contributed by atoms with van der Waals surface area (Å²) < 4.78 is 0. The molecule has 0 spiro atoms. The van der Waals surface area contributed by atoms with Crippen LogP contribution in [0.2, 0.25) is 0 Å². The van der Waals surface area contributed by atoms with Gasteiger partial charge in [-0.3, -0.25) is 0 Å². The third kappa shape index (κ3) is 2.13. The minimum atomic E-state index is 0.685. The fraction of sp³-hybridized carbons (Fsp3) is 0.462. The van der Waals surface area contributed by atoms with Crippen LogP contribution in [0.4, 0.5) is 5.95 Å². The van der Waals surface area contributed by atoms with E-state index in [1.165, 1.54) is 6.42 Å². The first kappa shape index (κ1) is 11.3. The molecule has 1 aromatic heterocycles. The van der Waals surface area contributed by atoms with Crippen LogP contribution in [0.3, 0.4) is 0 Å². The van der Waals surface area contributed by atoms with Gasteiger partial charge in [0.05, 0.1) is 5.52 Å². The number of fused-ring (bicyclic) bond motifs is 1. The van der Waals surface area contributed by atoms with Crippen LogP contribution < -0.4 is 10.2 Å². The Hall–Kier alpha value is -1.75. The Morgan fingerprint density at radius 1 is 1.28 bits per heavy atom. The van der Waals surface area contributed by atoms with Crippen LogP contribution in [0, 0.1) is 5.92 Å². The van der Waals surface area contributed by atoms with E-state index in [2.05, 4.69) is 25.4 Å². The highest BCUT2D eigenvalue weighted by molar-refractivity contribution is 5.74. The number of para-hydroxylation sites is 1. The lowest BCUT2D eigenvalue weighted by atomic mass is 10.1. The molecule has 2 aromatic rings. The van der Waals surface area contributed by atoms with Crippen LogP contribution in [0.15, 0.2) is 24.3 Å². The zero-order chi connectivity index (χ0) is 12.4. The van der Waals surface area contributed by atoms with E-state index in [1.54, 1.807) is 0 Å². The van der Waals surface area contributed by atoms with Crippen LogP contribution in [-0.2, 0) is 0 Å². The van der Waals surface area contributed by atoms with E-state index in [4.69, 9.17) is 0 Å². The molecule has 5 nitrogen and oxygen atoms in total. The topological polar surface area (TPSA) is 53.9 Å². The summed E-state index contributed by atoms with van der Waals surface area (Å²) in [6.07, 6.45) is 1.19. The van der Waals surface area contributed by atoms with E-state index in [9.17, 15) is 0 Å². The van der Waals surface area contributed by atoms with Gasteiger partial charge in [-0.05, 0) is 38.1 Å². The molecule has 0 amide bonds. The maximum atomic E-state index is 4.58. The highest BCUT2D eigenvalue weighted by atomic mass is 15.3. The molecule has 5 heteroatoms. The number of anilines is 1. The van der Waals surface area contributed by atoms with Crippen molar-refractivity contribution < 1.29 is 0 Å². The maximum Gasteiger partial charge on any atom is 0.245 e. The molecule has 1 fully saturated rings. The molecule has 3 rings (SSSR count). The lowest BCUT2D eigenvalue weighted by Gasteiger charge is -2.15. The summed E-state index contributed by atoms with van der Waals surface area (Å²) in [5.41, 5.74) is 1.77. The van der Waals surface area contributed by atoms with Crippen molar-refractivity contribution in [2.45, 2.75) is 6.42 Å². The highest BCUT2D eigenvalue weighted by Crippen LogP contribution is 2.20. The summed E-state index contributed by atoms with van der Waals surface area (Å²) >= 11 is 0. The number of hydrogen-bond donors (Lipinski definition) is 1. The Morgan fingerprint density at radius 3 is 2.94 bits per heavy atom. The Labute approximate surface area is 106 Å². The minimum Gasteiger partial charge on any atom is -0.339 e. The van der Waals surface area contributed by atoms with Crippen LogP contribution in [-0.4, -0.2) is 41.9 Å². The molecular formula is C13H17N5. The van der Waals surface area contributed by atoms with Gasteiger partial charge in [0.25, 0.3) is 0 Å². The first-order valence-electron chi connectivity index (χ1n) is 6.36. The van der Waals surface area contributed by atoms with Gasteiger partial charge in [0, 0.05) is 13.1 Å². The molecule has 0 bridgehead atoms. The normalized spacial score (nSPS) is 19.6. The molecule has 1 saturated heterocycles. The molecule has 1 aliphatic rings. The highest BCUT2D eigenvalue weighted by Gasteiger charge is 2.24. The average Bonchev–Trinajstić information content (AvgIpc) is 2.87. The van der Waals surface area contributed by atoms with Crippen molar-refractivity contribution in [1.82, 2.24) is 20.5 Å². The molecule has 2 heterocycles. The maximum absolute atomic E-state index is 4.58. The molecule has 0 aliphatic carbocycles. The standard InChI is InChI=1S/C13H17N5/c1-14-8-10-6-7-18(9-10)13-15-11-4-2-3-5-12(11)16-17-13/h2-5,10,14H,6-9H2,1H3. The summed E-state index contributed by atoms with van der Waals surface area (Å²) in [7, 11) is 2.00. The molecule has 1 unspecified atom stereocenters. The summed E-state index contributed by atoms with van der Waals surface area (Å²) in [4.78, 5) is 6.81. The van der Waals surface area contributed by atoms with Crippen molar-refractivity contribution in [1.29, 1.82) is 0 Å². The SMILES string of the molecule is CNCC1CCN(c2nnc3ccccc3n2)C1. The average molecular weight is 243 g/mol. The second-order valence-corrected chi connectivity index (χ2v) is 4.76. The van der Waals surface area contributed by atoms with Crippen LogP contribution in [0.5, 0.6) is 0 Å². The number of hydrogen-bond acceptors (Lipinski definition) is 5. The Kier molecular flexibility index (Phi) is 3.06. The number of aromatic nitrogens is 3. The molecule has 1 aromatic carbocycles. The van der Waals surface area contributed by atoms with Crippen molar-refractivity contribution in [3.8, 4) is 0 Å². The van der Waals surface area contributed by atoms with Gasteiger partial charge in [-0.25, -0.2) is 4.98 Å². The van der Waals surface area contributed by atoms with Gasteiger partial charge in [0.2, 0.25) is 5.95 Å². The van der Waals surface area contributed by atoms with Gasteiger partial charge < -0.3 is 10.2 Å². The molecule has 1 atom stereocenters. The second-order valence-electron chi connectivity index (χ2n) is 4.76. The lowest BCUT2D eigenvalue weighted by Crippen LogP contribution is -2.25. The monoisotopic (exact) mass is 243 g/mol. The van der Waals surface area contributed by atoms with Gasteiger partial charge in [0.1, 0.15) is 5.52 Å². The Morgan fingerprint density at radius 2 is 2.11 bits per heavy atom. The summed E-state index contributed by atoms with van der Waals surface area (Å²) in [5, 5.41) is 11.7. The van der Waals surface area contributed by atoms with Crippen LogP contribution in [0.25, 0.3) is 11.0 Å². The van der Waals surface area contributed by atoms with Crippen LogP contribution in [0.1, 0.15) is 6.42 Å². The van der Waals surface area contributed by atoms with E-state index >= 15 is 0 Å². The lowest BCUT2D eigenvalue weighted by molar-refractivity contribution is 0.548. The number of nitrogens with one attached hydrogen (secondary N) is 1. The van der Waals surface area contributed by atoms with E-state index in [0.717, 1.165) is 36.6 Å². The Balaban J connectivity index is 1.82. The van der Waals surface area contributed by atoms with Crippen molar-refractivity contribution in [2.75, 3.05) is 31.6 Å². The van der Waals surface area contributed by atoms with E-state index < -0.39 is 0 Å². The Bertz CT molecular complexity index is 542. The summed E-state index contributed by atoms with van der Waals surface area (Å²) in [5.74, 6) is 1.44. The van der Waals surface area contributed by atoms with Gasteiger partial charge in [-0.15, -0.1) is 10.2 Å². The summed E-state index contributed by atoms with van der Waals surface area (Å²) in [6, 6.07) is 7.85. The zero-order valence-electron chi connectivity index (χ0n) is 10.5. The predicted octanol–water partition coefficient (Wildman–Crippen LogP) is 1.07. The van der Waals surface area contributed by atoms with Crippen molar-refractivity contribution in [3.05, 3.63) is 24.3 Å².